The summed E-state index contributed by atoms with van der Waals surface area (Å²) in [4.78, 5) is 41.7. The summed E-state index contributed by atoms with van der Waals surface area (Å²) >= 11 is 0. The van der Waals surface area contributed by atoms with Gasteiger partial charge in [-0.3, -0.25) is 24.2 Å². The van der Waals surface area contributed by atoms with Crippen molar-refractivity contribution in [3.05, 3.63) is 54.1 Å². The zero-order valence-electron chi connectivity index (χ0n) is 20.3. The Labute approximate surface area is 205 Å². The molecular weight excluding hydrogens is 446 g/mol. The van der Waals surface area contributed by atoms with Gasteiger partial charge in [0, 0.05) is 43.5 Å². The molecule has 1 unspecified atom stereocenters. The number of carbonyl (C=O) groups is 3. The third-order valence-electron chi connectivity index (χ3n) is 6.41. The quantitative estimate of drug-likeness (QED) is 0.510. The number of ether oxygens (including phenoxy) is 1. The molecule has 2 aromatic rings. The van der Waals surface area contributed by atoms with Crippen LogP contribution in [0, 0.1) is 0 Å². The minimum atomic E-state index is -0.300. The van der Waals surface area contributed by atoms with Crippen LogP contribution in [-0.2, 0) is 9.59 Å². The van der Waals surface area contributed by atoms with E-state index in [1.807, 2.05) is 19.1 Å². The Morgan fingerprint density at radius 1 is 0.971 bits per heavy atom. The van der Waals surface area contributed by atoms with Crippen LogP contribution in [0.25, 0.3) is 0 Å². The third kappa shape index (κ3) is 6.80. The number of hydrogen-bond acceptors (Lipinski definition) is 6. The van der Waals surface area contributed by atoms with Crippen LogP contribution in [0.3, 0.4) is 0 Å². The van der Waals surface area contributed by atoms with Crippen molar-refractivity contribution in [3.8, 4) is 5.75 Å². The fraction of sp³-hybridized carbons (Fsp3) is 0.423. The number of carbonyl (C=O) groups excluding carboxylic acids is 3. The van der Waals surface area contributed by atoms with E-state index in [4.69, 9.17) is 4.74 Å². The van der Waals surface area contributed by atoms with Gasteiger partial charge in [0.05, 0.1) is 25.4 Å². The molecule has 2 fully saturated rings. The summed E-state index contributed by atoms with van der Waals surface area (Å²) in [6.07, 6.45) is 2.18. The molecule has 0 radical (unpaired) electrons. The molecule has 35 heavy (non-hydrogen) atoms. The summed E-state index contributed by atoms with van der Waals surface area (Å²) < 4.78 is 5.27. The Morgan fingerprint density at radius 2 is 1.66 bits per heavy atom. The first kappa shape index (κ1) is 24.7. The van der Waals surface area contributed by atoms with Gasteiger partial charge in [-0.05, 0) is 56.2 Å². The van der Waals surface area contributed by atoms with Gasteiger partial charge in [-0.2, -0.15) is 0 Å². The molecule has 9 heteroatoms. The highest BCUT2D eigenvalue weighted by Gasteiger charge is 2.28. The second-order valence-electron chi connectivity index (χ2n) is 9.05. The molecule has 4 rings (SSSR count). The molecular formula is C26H33N5O4. The van der Waals surface area contributed by atoms with Crippen LogP contribution in [0.4, 0.5) is 11.4 Å². The third-order valence-corrected chi connectivity index (χ3v) is 6.41. The van der Waals surface area contributed by atoms with Gasteiger partial charge >= 0.3 is 0 Å². The number of amides is 3. The summed E-state index contributed by atoms with van der Waals surface area (Å²) in [6, 6.07) is 14.1. The van der Waals surface area contributed by atoms with Crippen molar-refractivity contribution in [1.82, 2.24) is 15.1 Å². The lowest BCUT2D eigenvalue weighted by atomic mass is 10.1. The predicted molar refractivity (Wildman–Crippen MR) is 135 cm³/mol. The summed E-state index contributed by atoms with van der Waals surface area (Å²) in [5, 5.41) is 8.79. The zero-order valence-corrected chi connectivity index (χ0v) is 20.3. The van der Waals surface area contributed by atoms with Gasteiger partial charge in [-0.15, -0.1) is 0 Å². The summed E-state index contributed by atoms with van der Waals surface area (Å²) in [5.41, 5.74) is 1.70. The Morgan fingerprint density at radius 3 is 2.31 bits per heavy atom. The SMILES string of the molecule is COc1ccccc1NC(=O)c1ccc(NC(=O)C(C)N2CCN(CC(=O)NC3CC3)CC2)cc1. The number of anilines is 2. The van der Waals surface area contributed by atoms with E-state index >= 15 is 0 Å². The first-order valence-corrected chi connectivity index (χ1v) is 12.0. The lowest BCUT2D eigenvalue weighted by Gasteiger charge is -2.37. The van der Waals surface area contributed by atoms with Crippen LogP contribution in [0.1, 0.15) is 30.1 Å². The molecule has 1 aliphatic heterocycles. The van der Waals surface area contributed by atoms with Gasteiger partial charge < -0.3 is 20.7 Å². The number of hydrogen-bond donors (Lipinski definition) is 3. The monoisotopic (exact) mass is 479 g/mol. The number of piperazine rings is 1. The maximum absolute atomic E-state index is 12.8. The Balaban J connectivity index is 1.24. The van der Waals surface area contributed by atoms with Gasteiger partial charge in [-0.1, -0.05) is 12.1 Å². The predicted octanol–water partition coefficient (Wildman–Crippen LogP) is 2.17. The molecule has 1 atom stereocenters. The molecule has 0 bridgehead atoms. The van der Waals surface area contributed by atoms with Crippen LogP contribution in [0.5, 0.6) is 5.75 Å². The van der Waals surface area contributed by atoms with Crippen molar-refractivity contribution >= 4 is 29.1 Å². The van der Waals surface area contributed by atoms with Gasteiger partial charge in [0.2, 0.25) is 11.8 Å². The van der Waals surface area contributed by atoms with E-state index in [2.05, 4.69) is 25.8 Å². The molecule has 2 aliphatic rings. The number of nitrogens with one attached hydrogen (secondary N) is 3. The van der Waals surface area contributed by atoms with E-state index < -0.39 is 0 Å². The molecule has 1 saturated heterocycles. The van der Waals surface area contributed by atoms with Gasteiger partial charge in [0.15, 0.2) is 0 Å². The molecule has 2 aromatic carbocycles. The van der Waals surface area contributed by atoms with Crippen molar-refractivity contribution in [2.24, 2.45) is 0 Å². The van der Waals surface area contributed by atoms with Crippen molar-refractivity contribution < 1.29 is 19.1 Å². The second-order valence-corrected chi connectivity index (χ2v) is 9.05. The molecule has 3 N–H and O–H groups in total. The fourth-order valence-corrected chi connectivity index (χ4v) is 4.07. The van der Waals surface area contributed by atoms with Crippen molar-refractivity contribution in [2.75, 3.05) is 50.5 Å². The van der Waals surface area contributed by atoms with Crippen LogP contribution in [0.2, 0.25) is 0 Å². The maximum Gasteiger partial charge on any atom is 0.255 e. The maximum atomic E-state index is 12.8. The summed E-state index contributed by atoms with van der Waals surface area (Å²) in [6.45, 7) is 5.28. The topological polar surface area (TPSA) is 103 Å². The number of nitrogens with zero attached hydrogens (tertiary/aromatic N) is 2. The van der Waals surface area contributed by atoms with E-state index in [0.29, 0.717) is 35.3 Å². The molecule has 1 aliphatic carbocycles. The van der Waals surface area contributed by atoms with E-state index in [9.17, 15) is 14.4 Å². The average molecular weight is 480 g/mol. The van der Waals surface area contributed by atoms with Crippen molar-refractivity contribution in [3.63, 3.8) is 0 Å². The number of para-hydroxylation sites is 2. The molecule has 1 saturated carbocycles. The van der Waals surface area contributed by atoms with E-state index in [1.165, 1.54) is 0 Å². The van der Waals surface area contributed by atoms with Crippen LogP contribution < -0.4 is 20.7 Å². The molecule has 3 amide bonds. The highest BCUT2D eigenvalue weighted by molar-refractivity contribution is 6.05. The zero-order chi connectivity index (χ0) is 24.8. The smallest absolute Gasteiger partial charge is 0.255 e. The number of methoxy groups -OCH3 is 1. The standard InChI is InChI=1S/C26H33N5O4/c1-18(31-15-13-30(14-16-31)17-24(32)27-20-11-12-20)25(33)28-21-9-7-19(8-10-21)26(34)29-22-5-3-4-6-23(22)35-2/h3-10,18,20H,11-17H2,1-2H3,(H,27,32)(H,28,33)(H,29,34). The molecule has 0 spiro atoms. The Bertz CT molecular complexity index is 1050. The van der Waals surface area contributed by atoms with Gasteiger partial charge in [0.25, 0.3) is 5.91 Å². The van der Waals surface area contributed by atoms with E-state index in [1.54, 1.807) is 43.5 Å². The normalized spacial score (nSPS) is 17.3. The van der Waals surface area contributed by atoms with Gasteiger partial charge in [0.1, 0.15) is 5.75 Å². The van der Waals surface area contributed by atoms with Gasteiger partial charge in [-0.25, -0.2) is 0 Å². The minimum Gasteiger partial charge on any atom is -0.495 e. The number of rotatable bonds is 9. The van der Waals surface area contributed by atoms with Crippen molar-refractivity contribution in [1.29, 1.82) is 0 Å². The van der Waals surface area contributed by atoms with Crippen LogP contribution in [-0.4, -0.2) is 79.4 Å². The number of benzene rings is 2. The first-order valence-electron chi connectivity index (χ1n) is 12.0. The largest absolute Gasteiger partial charge is 0.495 e. The van der Waals surface area contributed by atoms with Crippen LogP contribution in [0.15, 0.2) is 48.5 Å². The fourth-order valence-electron chi connectivity index (χ4n) is 4.07. The molecule has 0 aromatic heterocycles. The lowest BCUT2D eigenvalue weighted by molar-refractivity contribution is -0.124. The highest BCUT2D eigenvalue weighted by Crippen LogP contribution is 2.24. The van der Waals surface area contributed by atoms with E-state index in [-0.39, 0.29) is 23.8 Å². The Kier molecular flexibility index (Phi) is 7.99. The second kappa shape index (κ2) is 11.3. The molecule has 1 heterocycles. The molecule has 9 nitrogen and oxygen atoms in total. The summed E-state index contributed by atoms with van der Waals surface area (Å²) in [7, 11) is 1.55. The van der Waals surface area contributed by atoms with E-state index in [0.717, 1.165) is 39.0 Å². The van der Waals surface area contributed by atoms with Crippen molar-refractivity contribution in [2.45, 2.75) is 31.8 Å². The molecule has 186 valence electrons. The first-order chi connectivity index (χ1) is 16.9. The minimum absolute atomic E-state index is 0.0896. The average Bonchev–Trinajstić information content (AvgIpc) is 3.68. The van der Waals surface area contributed by atoms with Crippen LogP contribution >= 0.6 is 0 Å². The highest BCUT2D eigenvalue weighted by atomic mass is 16.5. The summed E-state index contributed by atoms with van der Waals surface area (Å²) in [5.74, 6) is 0.313. The lowest BCUT2D eigenvalue weighted by Crippen LogP contribution is -2.54. The Hall–Kier alpha value is -3.43.